The van der Waals surface area contributed by atoms with E-state index in [1.165, 1.54) is 21.3 Å². The van der Waals surface area contributed by atoms with Crippen LogP contribution in [0.3, 0.4) is 0 Å². The van der Waals surface area contributed by atoms with Gasteiger partial charge in [-0.25, -0.2) is 0 Å². The molecule has 1 aromatic carbocycles. The summed E-state index contributed by atoms with van der Waals surface area (Å²) in [4.78, 5) is 4.55. The van der Waals surface area contributed by atoms with Crippen molar-refractivity contribution in [2.24, 2.45) is 0 Å². The average Bonchev–Trinajstić information content (AvgIpc) is 2.88. The largest absolute Gasteiger partial charge is 0.361 e. The molecule has 0 atom stereocenters. The van der Waals surface area contributed by atoms with E-state index >= 15 is 0 Å². The highest BCUT2D eigenvalue weighted by molar-refractivity contribution is 7.13. The summed E-state index contributed by atoms with van der Waals surface area (Å²) in [5.74, 6) is 0. The summed E-state index contributed by atoms with van der Waals surface area (Å²) in [6.07, 6.45) is 1.98. The van der Waals surface area contributed by atoms with Crippen LogP contribution in [0.5, 0.6) is 0 Å². The van der Waals surface area contributed by atoms with E-state index in [1.54, 1.807) is 11.3 Å². The van der Waals surface area contributed by atoms with Crippen LogP contribution in [0.15, 0.2) is 48.0 Å². The van der Waals surface area contributed by atoms with Crippen molar-refractivity contribution in [2.45, 2.75) is 0 Å². The Labute approximate surface area is 86.0 Å². The first kappa shape index (κ1) is 7.83. The fraction of sp³-hybridized carbons (Fsp3) is 0. The van der Waals surface area contributed by atoms with Crippen molar-refractivity contribution < 1.29 is 0 Å². The van der Waals surface area contributed by atoms with Crippen molar-refractivity contribution in [2.75, 3.05) is 0 Å². The van der Waals surface area contributed by atoms with Crippen molar-refractivity contribution in [1.82, 2.24) is 4.98 Å². The first-order valence-electron chi connectivity index (χ1n) is 4.54. The maximum absolute atomic E-state index is 3.23. The Bertz CT molecular complexity index is 548. The molecular formula is C12H9NS. The summed E-state index contributed by atoms with van der Waals surface area (Å²) >= 11 is 1.77. The second kappa shape index (κ2) is 3.00. The zero-order chi connectivity index (χ0) is 9.38. The first-order valence-corrected chi connectivity index (χ1v) is 5.42. The lowest BCUT2D eigenvalue weighted by atomic mass is 10.1. The zero-order valence-corrected chi connectivity index (χ0v) is 8.34. The number of hydrogen-bond donors (Lipinski definition) is 1. The van der Waals surface area contributed by atoms with Gasteiger partial charge in [0.15, 0.2) is 0 Å². The van der Waals surface area contributed by atoms with Gasteiger partial charge in [0.2, 0.25) is 0 Å². The van der Waals surface area contributed by atoms with E-state index in [0.717, 1.165) is 0 Å². The predicted octanol–water partition coefficient (Wildman–Crippen LogP) is 3.90. The number of H-pyrrole nitrogens is 1. The van der Waals surface area contributed by atoms with E-state index in [1.807, 2.05) is 6.20 Å². The Kier molecular flexibility index (Phi) is 1.67. The highest BCUT2D eigenvalue weighted by Crippen LogP contribution is 2.27. The third kappa shape index (κ3) is 1.16. The molecule has 0 spiro atoms. The molecule has 0 radical (unpaired) electrons. The van der Waals surface area contributed by atoms with Crippen LogP contribution >= 0.6 is 11.3 Å². The molecule has 68 valence electrons. The zero-order valence-electron chi connectivity index (χ0n) is 7.53. The quantitative estimate of drug-likeness (QED) is 0.612. The molecule has 2 aromatic heterocycles. The number of fused-ring (bicyclic) bond motifs is 1. The van der Waals surface area contributed by atoms with Crippen molar-refractivity contribution in [1.29, 1.82) is 0 Å². The lowest BCUT2D eigenvalue weighted by molar-refractivity contribution is 1.48. The first-order chi connectivity index (χ1) is 6.93. The fourth-order valence-electron chi connectivity index (χ4n) is 1.64. The predicted molar refractivity (Wildman–Crippen MR) is 61.6 cm³/mol. The topological polar surface area (TPSA) is 15.8 Å². The lowest BCUT2D eigenvalue weighted by Crippen LogP contribution is -1.72. The second-order valence-electron chi connectivity index (χ2n) is 3.26. The minimum absolute atomic E-state index is 1.20. The van der Waals surface area contributed by atoms with Gasteiger partial charge in [-0.05, 0) is 34.5 Å². The molecule has 0 aliphatic rings. The Morgan fingerprint density at radius 3 is 2.93 bits per heavy atom. The third-order valence-corrected chi connectivity index (χ3v) is 3.28. The molecule has 1 N–H and O–H groups in total. The molecule has 0 amide bonds. The molecule has 0 bridgehead atoms. The molecule has 1 nitrogen and oxygen atoms in total. The monoisotopic (exact) mass is 199 g/mol. The molecule has 0 fully saturated rings. The van der Waals surface area contributed by atoms with Crippen LogP contribution in [0.1, 0.15) is 0 Å². The van der Waals surface area contributed by atoms with Gasteiger partial charge in [-0.2, -0.15) is 0 Å². The van der Waals surface area contributed by atoms with Crippen LogP contribution in [0.25, 0.3) is 21.3 Å². The summed E-state index contributed by atoms with van der Waals surface area (Å²) < 4.78 is 0. The smallest absolute Gasteiger partial charge is 0.0460 e. The second-order valence-corrected chi connectivity index (χ2v) is 4.20. The molecule has 0 saturated heterocycles. The van der Waals surface area contributed by atoms with Crippen LogP contribution in [-0.4, -0.2) is 4.98 Å². The SMILES string of the molecule is c1csc(-c2ccc3cc[nH]c3c2)c1. The molecule has 14 heavy (non-hydrogen) atoms. The molecule has 2 heteroatoms. The summed E-state index contributed by atoms with van der Waals surface area (Å²) in [7, 11) is 0. The normalized spacial score (nSPS) is 10.9. The van der Waals surface area contributed by atoms with E-state index in [9.17, 15) is 0 Å². The van der Waals surface area contributed by atoms with Gasteiger partial charge in [0, 0.05) is 16.6 Å². The van der Waals surface area contributed by atoms with Gasteiger partial charge in [0.25, 0.3) is 0 Å². The minimum atomic E-state index is 1.20. The molecule has 0 aliphatic carbocycles. The Hall–Kier alpha value is -1.54. The van der Waals surface area contributed by atoms with Gasteiger partial charge in [0.05, 0.1) is 0 Å². The molecule has 0 saturated carbocycles. The molecule has 0 unspecified atom stereocenters. The van der Waals surface area contributed by atoms with E-state index in [2.05, 4.69) is 46.8 Å². The van der Waals surface area contributed by atoms with E-state index in [0.29, 0.717) is 0 Å². The summed E-state index contributed by atoms with van der Waals surface area (Å²) in [5.41, 5.74) is 2.49. The average molecular weight is 199 g/mol. The highest BCUT2D eigenvalue weighted by Gasteiger charge is 2.00. The molecular weight excluding hydrogens is 190 g/mol. The molecule has 2 heterocycles. The molecule has 3 rings (SSSR count). The Morgan fingerprint density at radius 1 is 1.07 bits per heavy atom. The number of benzene rings is 1. The number of hydrogen-bond acceptors (Lipinski definition) is 1. The lowest BCUT2D eigenvalue weighted by Gasteiger charge is -1.97. The van der Waals surface area contributed by atoms with Crippen LogP contribution in [0.2, 0.25) is 0 Å². The number of nitrogens with one attached hydrogen (secondary N) is 1. The van der Waals surface area contributed by atoms with Crippen molar-refractivity contribution >= 4 is 22.2 Å². The van der Waals surface area contributed by atoms with Crippen LogP contribution < -0.4 is 0 Å². The summed E-state index contributed by atoms with van der Waals surface area (Å²) in [5, 5.41) is 3.37. The van der Waals surface area contributed by atoms with Gasteiger partial charge in [-0.3, -0.25) is 0 Å². The number of aromatic nitrogens is 1. The van der Waals surface area contributed by atoms with Gasteiger partial charge in [-0.1, -0.05) is 18.2 Å². The van der Waals surface area contributed by atoms with Crippen LogP contribution in [-0.2, 0) is 0 Å². The van der Waals surface area contributed by atoms with E-state index in [4.69, 9.17) is 0 Å². The molecule has 3 aromatic rings. The maximum Gasteiger partial charge on any atom is 0.0460 e. The summed E-state index contributed by atoms with van der Waals surface area (Å²) in [6.45, 7) is 0. The number of thiophene rings is 1. The Morgan fingerprint density at radius 2 is 2.07 bits per heavy atom. The van der Waals surface area contributed by atoms with Crippen molar-refractivity contribution in [3.63, 3.8) is 0 Å². The van der Waals surface area contributed by atoms with Gasteiger partial charge in [0.1, 0.15) is 0 Å². The highest BCUT2D eigenvalue weighted by atomic mass is 32.1. The van der Waals surface area contributed by atoms with Crippen LogP contribution in [0, 0.1) is 0 Å². The minimum Gasteiger partial charge on any atom is -0.361 e. The van der Waals surface area contributed by atoms with Gasteiger partial charge >= 0.3 is 0 Å². The van der Waals surface area contributed by atoms with Crippen molar-refractivity contribution in [3.05, 3.63) is 48.0 Å². The molecule has 0 aliphatic heterocycles. The van der Waals surface area contributed by atoms with Crippen molar-refractivity contribution in [3.8, 4) is 10.4 Å². The van der Waals surface area contributed by atoms with E-state index in [-0.39, 0.29) is 0 Å². The van der Waals surface area contributed by atoms with Gasteiger partial charge < -0.3 is 4.98 Å². The standard InChI is InChI=1S/C12H9NS/c1-2-12(14-7-1)10-4-3-9-5-6-13-11(9)8-10/h1-8,13H. The third-order valence-electron chi connectivity index (χ3n) is 2.36. The number of rotatable bonds is 1. The van der Waals surface area contributed by atoms with Gasteiger partial charge in [-0.15, -0.1) is 11.3 Å². The Balaban J connectivity index is 2.23. The fourth-order valence-corrected chi connectivity index (χ4v) is 2.37. The summed E-state index contributed by atoms with van der Waals surface area (Å²) in [6, 6.07) is 12.8. The van der Waals surface area contributed by atoms with E-state index < -0.39 is 0 Å². The number of aromatic amines is 1. The van der Waals surface area contributed by atoms with Crippen LogP contribution in [0.4, 0.5) is 0 Å². The maximum atomic E-state index is 3.23.